The molecule has 140 valence electrons. The molecule has 1 aliphatic heterocycles. The average molecular weight is 350 g/mol. The first-order chi connectivity index (χ1) is 12.0. The van der Waals surface area contributed by atoms with Crippen LogP contribution in [-0.4, -0.2) is 50.2 Å². The molecule has 0 aromatic carbocycles. The Labute approximate surface area is 149 Å². The van der Waals surface area contributed by atoms with Crippen LogP contribution < -0.4 is 10.9 Å². The third kappa shape index (κ3) is 5.68. The highest BCUT2D eigenvalue weighted by molar-refractivity contribution is 5.95. The monoisotopic (exact) mass is 350 g/mol. The van der Waals surface area contributed by atoms with Crippen molar-refractivity contribution in [1.82, 2.24) is 10.2 Å². The molecule has 1 N–H and O–H groups in total. The van der Waals surface area contributed by atoms with Gasteiger partial charge in [-0.2, -0.15) is 0 Å². The summed E-state index contributed by atoms with van der Waals surface area (Å²) in [6.07, 6.45) is 2.83. The van der Waals surface area contributed by atoms with Crippen LogP contribution in [0.5, 0.6) is 0 Å². The number of nitrogens with one attached hydrogen (secondary N) is 1. The molecular formula is C19H30N2O4. The molecule has 25 heavy (non-hydrogen) atoms. The van der Waals surface area contributed by atoms with E-state index in [0.29, 0.717) is 17.9 Å². The summed E-state index contributed by atoms with van der Waals surface area (Å²) in [5.41, 5.74) is 0.266. The highest BCUT2D eigenvalue weighted by atomic mass is 16.5. The van der Waals surface area contributed by atoms with Gasteiger partial charge in [0, 0.05) is 25.6 Å². The van der Waals surface area contributed by atoms with Gasteiger partial charge in [0.25, 0.3) is 5.91 Å². The summed E-state index contributed by atoms with van der Waals surface area (Å²) in [6.45, 7) is 10.8. The van der Waals surface area contributed by atoms with E-state index in [0.717, 1.165) is 52.1 Å². The average Bonchev–Trinajstić information content (AvgIpc) is 2.59. The van der Waals surface area contributed by atoms with Crippen molar-refractivity contribution in [2.45, 2.75) is 46.0 Å². The van der Waals surface area contributed by atoms with E-state index in [9.17, 15) is 9.59 Å². The van der Waals surface area contributed by atoms with Gasteiger partial charge in [-0.25, -0.2) is 4.79 Å². The summed E-state index contributed by atoms with van der Waals surface area (Å²) in [5, 5.41) is 2.84. The van der Waals surface area contributed by atoms with Crippen LogP contribution in [0.25, 0.3) is 0 Å². The number of hydrogen-bond acceptors (Lipinski definition) is 5. The third-order valence-electron chi connectivity index (χ3n) is 4.64. The molecule has 0 radical (unpaired) electrons. The molecule has 0 aliphatic carbocycles. The van der Waals surface area contributed by atoms with Gasteiger partial charge >= 0.3 is 5.63 Å². The highest BCUT2D eigenvalue weighted by Crippen LogP contribution is 2.21. The Bertz CT molecular complexity index is 620. The minimum Gasteiger partial charge on any atom is -0.427 e. The number of amides is 1. The zero-order valence-electron chi connectivity index (χ0n) is 15.6. The molecule has 2 rings (SSSR count). The van der Waals surface area contributed by atoms with Gasteiger partial charge in [-0.1, -0.05) is 20.3 Å². The Hall–Kier alpha value is -1.66. The van der Waals surface area contributed by atoms with Crippen LogP contribution in [0.4, 0.5) is 0 Å². The lowest BCUT2D eigenvalue weighted by Crippen LogP contribution is -2.38. The summed E-state index contributed by atoms with van der Waals surface area (Å²) in [4.78, 5) is 26.9. The Morgan fingerprint density at radius 3 is 2.72 bits per heavy atom. The number of morpholine rings is 1. The fourth-order valence-electron chi connectivity index (χ4n) is 3.14. The zero-order chi connectivity index (χ0) is 18.2. The molecule has 2 heterocycles. The van der Waals surface area contributed by atoms with E-state index in [1.807, 2.05) is 13.0 Å². The van der Waals surface area contributed by atoms with Crippen LogP contribution in [0.1, 0.15) is 60.7 Å². The van der Waals surface area contributed by atoms with Crippen LogP contribution >= 0.6 is 0 Å². The molecule has 1 aromatic rings. The van der Waals surface area contributed by atoms with Gasteiger partial charge in [-0.15, -0.1) is 0 Å². The first-order valence-corrected chi connectivity index (χ1v) is 9.25. The van der Waals surface area contributed by atoms with Crippen molar-refractivity contribution in [2.75, 3.05) is 39.4 Å². The summed E-state index contributed by atoms with van der Waals surface area (Å²) in [7, 11) is 0. The topological polar surface area (TPSA) is 71.8 Å². The number of carbonyl (C=O) groups excluding carboxylic acids is 1. The second-order valence-corrected chi connectivity index (χ2v) is 6.75. The molecule has 1 aromatic heterocycles. The molecule has 6 heteroatoms. The minimum atomic E-state index is -0.538. The van der Waals surface area contributed by atoms with Gasteiger partial charge in [-0.3, -0.25) is 9.69 Å². The van der Waals surface area contributed by atoms with Crippen molar-refractivity contribution >= 4 is 5.91 Å². The molecule has 0 saturated carbocycles. The van der Waals surface area contributed by atoms with Gasteiger partial charge in [0.2, 0.25) is 0 Å². The second kappa shape index (κ2) is 9.73. The Morgan fingerprint density at radius 2 is 2.08 bits per heavy atom. The van der Waals surface area contributed by atoms with E-state index >= 15 is 0 Å². The largest absolute Gasteiger partial charge is 0.427 e. The molecule has 1 saturated heterocycles. The van der Waals surface area contributed by atoms with Gasteiger partial charge in [0.05, 0.1) is 13.2 Å². The lowest BCUT2D eigenvalue weighted by Gasteiger charge is -2.26. The van der Waals surface area contributed by atoms with Crippen LogP contribution in [0.2, 0.25) is 0 Å². The van der Waals surface area contributed by atoms with E-state index in [1.165, 1.54) is 0 Å². The number of carbonyl (C=O) groups is 1. The summed E-state index contributed by atoms with van der Waals surface area (Å²) in [6, 6.07) is 1.82. The lowest BCUT2D eigenvalue weighted by molar-refractivity contribution is 0.0374. The summed E-state index contributed by atoms with van der Waals surface area (Å²) >= 11 is 0. The van der Waals surface area contributed by atoms with Crippen LogP contribution in [0.15, 0.2) is 15.3 Å². The first-order valence-electron chi connectivity index (χ1n) is 9.25. The van der Waals surface area contributed by atoms with E-state index < -0.39 is 5.63 Å². The van der Waals surface area contributed by atoms with Gasteiger partial charge in [-0.05, 0) is 37.9 Å². The van der Waals surface area contributed by atoms with Gasteiger partial charge in [0.1, 0.15) is 11.3 Å². The fourth-order valence-corrected chi connectivity index (χ4v) is 3.14. The highest BCUT2D eigenvalue weighted by Gasteiger charge is 2.18. The van der Waals surface area contributed by atoms with E-state index in [4.69, 9.17) is 9.15 Å². The zero-order valence-corrected chi connectivity index (χ0v) is 15.6. The molecule has 1 amide bonds. The standard InChI is InChI=1S/C19H30N2O4/c1-4-6-14(2)16-13-15(3)17(19(23)25-16)18(22)20-7-5-8-21-9-11-24-12-10-21/h13-14H,4-12H2,1-3H3,(H,20,22). The van der Waals surface area contributed by atoms with Crippen molar-refractivity contribution in [3.8, 4) is 0 Å². The first kappa shape index (κ1) is 19.7. The van der Waals surface area contributed by atoms with Gasteiger partial charge < -0.3 is 14.5 Å². The molecule has 6 nitrogen and oxygen atoms in total. The normalized spacial score (nSPS) is 16.6. The third-order valence-corrected chi connectivity index (χ3v) is 4.64. The van der Waals surface area contributed by atoms with Crippen molar-refractivity contribution < 1.29 is 13.9 Å². The molecule has 1 fully saturated rings. The number of ether oxygens (including phenoxy) is 1. The summed E-state index contributed by atoms with van der Waals surface area (Å²) in [5.74, 6) is 0.498. The fraction of sp³-hybridized carbons (Fsp3) is 0.684. The lowest BCUT2D eigenvalue weighted by atomic mass is 10.0. The number of hydrogen-bond donors (Lipinski definition) is 1. The predicted molar refractivity (Wildman–Crippen MR) is 97.2 cm³/mol. The second-order valence-electron chi connectivity index (χ2n) is 6.75. The molecule has 1 unspecified atom stereocenters. The quantitative estimate of drug-likeness (QED) is 0.729. The smallest absolute Gasteiger partial charge is 0.349 e. The van der Waals surface area contributed by atoms with Crippen LogP contribution in [0.3, 0.4) is 0 Å². The number of rotatable bonds is 8. The number of nitrogens with zero attached hydrogens (tertiary/aromatic N) is 1. The van der Waals surface area contributed by atoms with Crippen molar-refractivity contribution in [3.05, 3.63) is 33.4 Å². The van der Waals surface area contributed by atoms with E-state index in [-0.39, 0.29) is 17.4 Å². The van der Waals surface area contributed by atoms with E-state index in [1.54, 1.807) is 6.92 Å². The Kier molecular flexibility index (Phi) is 7.65. The maximum atomic E-state index is 12.3. The van der Waals surface area contributed by atoms with Crippen molar-refractivity contribution in [2.24, 2.45) is 0 Å². The van der Waals surface area contributed by atoms with Crippen molar-refractivity contribution in [3.63, 3.8) is 0 Å². The van der Waals surface area contributed by atoms with E-state index in [2.05, 4.69) is 17.1 Å². The van der Waals surface area contributed by atoms with Crippen LogP contribution in [0, 0.1) is 6.92 Å². The molecule has 1 aliphatic rings. The summed E-state index contributed by atoms with van der Waals surface area (Å²) < 4.78 is 10.7. The van der Waals surface area contributed by atoms with Gasteiger partial charge in [0.15, 0.2) is 0 Å². The molecular weight excluding hydrogens is 320 g/mol. The maximum Gasteiger partial charge on any atom is 0.349 e. The Balaban J connectivity index is 1.89. The SMILES string of the molecule is CCCC(C)c1cc(C)c(C(=O)NCCCN2CCOCC2)c(=O)o1. The Morgan fingerprint density at radius 1 is 1.36 bits per heavy atom. The minimum absolute atomic E-state index is 0.124. The van der Waals surface area contributed by atoms with Crippen LogP contribution in [-0.2, 0) is 4.74 Å². The molecule has 1 atom stereocenters. The number of aryl methyl sites for hydroxylation is 1. The predicted octanol–water partition coefficient (Wildman–Crippen LogP) is 2.30. The molecule has 0 spiro atoms. The maximum absolute atomic E-state index is 12.3. The molecule has 0 bridgehead atoms. The van der Waals surface area contributed by atoms with Crippen molar-refractivity contribution in [1.29, 1.82) is 0 Å².